The van der Waals surface area contributed by atoms with E-state index in [2.05, 4.69) is 0 Å². The van der Waals surface area contributed by atoms with E-state index in [1.165, 1.54) is 14.2 Å². The van der Waals surface area contributed by atoms with Crippen molar-refractivity contribution in [3.63, 3.8) is 0 Å². The summed E-state index contributed by atoms with van der Waals surface area (Å²) in [6.07, 6.45) is -0.179. The summed E-state index contributed by atoms with van der Waals surface area (Å²) in [7, 11) is 3.06. The summed E-state index contributed by atoms with van der Waals surface area (Å²) in [5.74, 6) is 0.237. The number of esters is 1. The average Bonchev–Trinajstić information content (AvgIpc) is 2.72. The molecule has 0 aliphatic carbocycles. The lowest BCUT2D eigenvalue weighted by molar-refractivity contribution is -0.144. The molecule has 0 heterocycles. The van der Waals surface area contributed by atoms with Gasteiger partial charge in [0.2, 0.25) is 0 Å². The lowest BCUT2D eigenvalue weighted by atomic mass is 9.82. The van der Waals surface area contributed by atoms with Crippen molar-refractivity contribution in [2.75, 3.05) is 20.8 Å². The number of hydrogen-bond donors (Lipinski definition) is 1. The Balaban J connectivity index is 2.36. The van der Waals surface area contributed by atoms with Crippen LogP contribution in [0.1, 0.15) is 35.7 Å². The molecule has 6 nitrogen and oxygen atoms in total. The fraction of sp³-hybridized carbons (Fsp3) is 0.333. The van der Waals surface area contributed by atoms with Gasteiger partial charge in [0, 0.05) is 12.0 Å². The molecule has 0 spiro atoms. The Bertz CT molecular complexity index is 766. The average molecular weight is 372 g/mol. The van der Waals surface area contributed by atoms with Gasteiger partial charge in [-0.2, -0.15) is 0 Å². The quantitative estimate of drug-likeness (QED) is 0.538. The van der Waals surface area contributed by atoms with Crippen LogP contribution in [0.3, 0.4) is 0 Å². The molecule has 1 unspecified atom stereocenters. The van der Waals surface area contributed by atoms with Crippen molar-refractivity contribution in [3.8, 4) is 11.5 Å². The van der Waals surface area contributed by atoms with Crippen LogP contribution >= 0.6 is 0 Å². The smallest absolute Gasteiger partial charge is 0.305 e. The van der Waals surface area contributed by atoms with E-state index in [9.17, 15) is 14.7 Å². The highest BCUT2D eigenvalue weighted by Gasteiger charge is 2.39. The largest absolute Gasteiger partial charge is 0.497 e. The first-order chi connectivity index (χ1) is 12.9. The van der Waals surface area contributed by atoms with Crippen LogP contribution in [0.25, 0.3) is 0 Å². The molecule has 0 aromatic heterocycles. The van der Waals surface area contributed by atoms with Crippen molar-refractivity contribution in [1.82, 2.24) is 0 Å². The number of methoxy groups -OCH3 is 2. The van der Waals surface area contributed by atoms with Crippen LogP contribution in [-0.4, -0.2) is 37.7 Å². The van der Waals surface area contributed by atoms with Crippen LogP contribution in [-0.2, 0) is 15.1 Å². The van der Waals surface area contributed by atoms with Crippen molar-refractivity contribution < 1.29 is 28.9 Å². The Morgan fingerprint density at radius 3 is 1.93 bits per heavy atom. The van der Waals surface area contributed by atoms with Gasteiger partial charge in [-0.1, -0.05) is 12.1 Å². The molecule has 0 saturated heterocycles. The fourth-order valence-corrected chi connectivity index (χ4v) is 2.75. The number of Topliss-reactive ketones (excluding diaryl/α,β-unsaturated/α-hetero) is 1. The highest BCUT2D eigenvalue weighted by Crippen LogP contribution is 2.32. The fourth-order valence-electron chi connectivity index (χ4n) is 2.75. The van der Waals surface area contributed by atoms with E-state index >= 15 is 0 Å². The highest BCUT2D eigenvalue weighted by molar-refractivity contribution is 6.03. The monoisotopic (exact) mass is 372 g/mol. The molecule has 2 rings (SSSR count). The summed E-state index contributed by atoms with van der Waals surface area (Å²) in [6, 6.07) is 13.0. The van der Waals surface area contributed by atoms with Crippen molar-refractivity contribution in [1.29, 1.82) is 0 Å². The summed E-state index contributed by atoms with van der Waals surface area (Å²) in [4.78, 5) is 24.9. The number of carbonyl (C=O) groups is 2. The van der Waals surface area contributed by atoms with E-state index < -0.39 is 17.4 Å². The second-order valence-electron chi connectivity index (χ2n) is 5.95. The summed E-state index contributed by atoms with van der Waals surface area (Å²) in [5.41, 5.74) is -1.17. The van der Waals surface area contributed by atoms with Crippen molar-refractivity contribution in [2.45, 2.75) is 25.4 Å². The third kappa shape index (κ3) is 4.86. The number of benzene rings is 2. The first-order valence-corrected chi connectivity index (χ1v) is 8.66. The Morgan fingerprint density at radius 2 is 1.44 bits per heavy atom. The molecule has 1 atom stereocenters. The highest BCUT2D eigenvalue weighted by atomic mass is 16.5. The minimum atomic E-state index is -1.87. The molecule has 2 aromatic rings. The summed E-state index contributed by atoms with van der Waals surface area (Å²) >= 11 is 0. The zero-order chi connectivity index (χ0) is 19.9. The van der Waals surface area contributed by atoms with E-state index in [4.69, 9.17) is 14.2 Å². The molecule has 1 N–H and O–H groups in total. The number of ketones is 1. The standard InChI is InChI=1S/C21H24O6/c1-4-27-19(22)13-14-21(24,16-7-11-18(26-3)12-8-16)20(23)15-5-9-17(25-2)10-6-15/h5-12,24H,4,13-14H2,1-3H3. The molecule has 0 amide bonds. The number of hydrogen-bond acceptors (Lipinski definition) is 6. The van der Waals surface area contributed by atoms with Gasteiger partial charge in [-0.15, -0.1) is 0 Å². The molecule has 2 aromatic carbocycles. The topological polar surface area (TPSA) is 82.1 Å². The van der Waals surface area contributed by atoms with Crippen molar-refractivity contribution in [3.05, 3.63) is 59.7 Å². The zero-order valence-electron chi connectivity index (χ0n) is 15.7. The Morgan fingerprint density at radius 1 is 0.926 bits per heavy atom. The van der Waals surface area contributed by atoms with Gasteiger partial charge in [0.05, 0.1) is 20.8 Å². The third-order valence-electron chi connectivity index (χ3n) is 4.29. The van der Waals surface area contributed by atoms with Crippen LogP contribution in [0.5, 0.6) is 11.5 Å². The van der Waals surface area contributed by atoms with E-state index in [0.717, 1.165) is 0 Å². The molecular weight excluding hydrogens is 348 g/mol. The molecule has 0 aliphatic rings. The lowest BCUT2D eigenvalue weighted by Gasteiger charge is -2.27. The first kappa shape index (κ1) is 20.5. The van der Waals surface area contributed by atoms with E-state index in [1.54, 1.807) is 55.5 Å². The summed E-state index contributed by atoms with van der Waals surface area (Å²) < 4.78 is 15.2. The van der Waals surface area contributed by atoms with Gasteiger partial charge in [0.1, 0.15) is 11.5 Å². The van der Waals surface area contributed by atoms with Gasteiger partial charge in [0.25, 0.3) is 0 Å². The zero-order valence-corrected chi connectivity index (χ0v) is 15.7. The van der Waals surface area contributed by atoms with Gasteiger partial charge in [0.15, 0.2) is 11.4 Å². The van der Waals surface area contributed by atoms with Gasteiger partial charge in [-0.3, -0.25) is 9.59 Å². The molecule has 0 saturated carbocycles. The number of ether oxygens (including phenoxy) is 3. The lowest BCUT2D eigenvalue weighted by Crippen LogP contribution is -2.36. The minimum absolute atomic E-state index is 0.0851. The normalized spacial score (nSPS) is 12.7. The second kappa shape index (κ2) is 9.19. The second-order valence-corrected chi connectivity index (χ2v) is 5.95. The molecule has 144 valence electrons. The van der Waals surface area contributed by atoms with Crippen LogP contribution in [0.15, 0.2) is 48.5 Å². The maximum atomic E-state index is 13.1. The summed E-state index contributed by atoms with van der Waals surface area (Å²) in [6.45, 7) is 1.95. The number of rotatable bonds is 9. The van der Waals surface area contributed by atoms with Gasteiger partial charge in [-0.05, 0) is 55.3 Å². The number of aliphatic hydroxyl groups is 1. The predicted molar refractivity (Wildman–Crippen MR) is 100 cm³/mol. The maximum absolute atomic E-state index is 13.1. The number of carbonyl (C=O) groups excluding carboxylic acids is 2. The van der Waals surface area contributed by atoms with Gasteiger partial charge >= 0.3 is 5.97 Å². The van der Waals surface area contributed by atoms with Gasteiger partial charge in [-0.25, -0.2) is 0 Å². The summed E-state index contributed by atoms with van der Waals surface area (Å²) in [5, 5.41) is 11.3. The Hall–Kier alpha value is -2.86. The third-order valence-corrected chi connectivity index (χ3v) is 4.29. The predicted octanol–water partition coefficient (Wildman–Crippen LogP) is 3.12. The molecular formula is C21H24O6. The first-order valence-electron chi connectivity index (χ1n) is 8.66. The molecule has 0 aliphatic heterocycles. The Labute approximate surface area is 158 Å². The molecule has 27 heavy (non-hydrogen) atoms. The van der Waals surface area contributed by atoms with E-state index in [1.807, 2.05) is 0 Å². The van der Waals surface area contributed by atoms with Crippen LogP contribution in [0.2, 0.25) is 0 Å². The van der Waals surface area contributed by atoms with Crippen molar-refractivity contribution >= 4 is 11.8 Å². The van der Waals surface area contributed by atoms with Crippen LogP contribution in [0, 0.1) is 0 Å². The molecule has 0 bridgehead atoms. The Kier molecular flexibility index (Phi) is 6.96. The SMILES string of the molecule is CCOC(=O)CCC(O)(C(=O)c1ccc(OC)cc1)c1ccc(OC)cc1. The van der Waals surface area contributed by atoms with E-state index in [0.29, 0.717) is 22.6 Å². The molecule has 0 radical (unpaired) electrons. The maximum Gasteiger partial charge on any atom is 0.305 e. The molecule has 6 heteroatoms. The molecule has 0 fully saturated rings. The van der Waals surface area contributed by atoms with E-state index in [-0.39, 0.29) is 19.4 Å². The minimum Gasteiger partial charge on any atom is -0.497 e. The van der Waals surface area contributed by atoms with Crippen molar-refractivity contribution in [2.24, 2.45) is 0 Å². The van der Waals surface area contributed by atoms with Crippen LogP contribution < -0.4 is 9.47 Å². The van der Waals surface area contributed by atoms with Crippen LogP contribution in [0.4, 0.5) is 0 Å². The van der Waals surface area contributed by atoms with Gasteiger partial charge < -0.3 is 19.3 Å².